The van der Waals surface area contributed by atoms with Gasteiger partial charge in [-0.3, -0.25) is 10.3 Å². The lowest BCUT2D eigenvalue weighted by Gasteiger charge is -2.37. The molecule has 0 spiro atoms. The predicted molar refractivity (Wildman–Crippen MR) is 67.3 cm³/mol. The van der Waals surface area contributed by atoms with Crippen molar-refractivity contribution in [3.63, 3.8) is 0 Å². The van der Waals surface area contributed by atoms with Crippen molar-refractivity contribution in [1.29, 1.82) is 0 Å². The molecule has 0 saturated carbocycles. The molecule has 0 aromatic carbocycles. The summed E-state index contributed by atoms with van der Waals surface area (Å²) in [4.78, 5) is 10.3. The van der Waals surface area contributed by atoms with Crippen LogP contribution in [0.15, 0.2) is 6.20 Å². The van der Waals surface area contributed by atoms with Crippen molar-refractivity contribution in [2.24, 2.45) is 5.84 Å². The number of hydrazine groups is 1. The number of rotatable bonds is 3. The van der Waals surface area contributed by atoms with E-state index in [0.717, 1.165) is 31.3 Å². The summed E-state index contributed by atoms with van der Waals surface area (Å²) in [5, 5.41) is 0.789. The lowest BCUT2D eigenvalue weighted by Crippen LogP contribution is -2.49. The number of nitrogens with zero attached hydrogens (tertiary/aromatic N) is 3. The zero-order valence-corrected chi connectivity index (χ0v) is 10.6. The van der Waals surface area contributed by atoms with Crippen molar-refractivity contribution in [3.8, 4) is 0 Å². The fraction of sp³-hybridized carbons (Fsp3) is 0.700. The predicted octanol–water partition coefficient (Wildman–Crippen LogP) is 0.565. The summed E-state index contributed by atoms with van der Waals surface area (Å²) >= 11 is 1.63. The fourth-order valence-corrected chi connectivity index (χ4v) is 2.81. The van der Waals surface area contributed by atoms with Gasteiger partial charge in [-0.1, -0.05) is 11.3 Å². The van der Waals surface area contributed by atoms with Crippen LogP contribution in [-0.4, -0.2) is 47.5 Å². The zero-order valence-electron chi connectivity index (χ0n) is 9.81. The van der Waals surface area contributed by atoms with Crippen LogP contribution in [0.25, 0.3) is 0 Å². The number of thiazole rings is 1. The maximum absolute atomic E-state index is 5.32. The molecule has 16 heavy (non-hydrogen) atoms. The van der Waals surface area contributed by atoms with Crippen LogP contribution in [0, 0.1) is 0 Å². The first-order chi connectivity index (χ1) is 7.69. The average molecular weight is 241 g/mol. The van der Waals surface area contributed by atoms with Crippen LogP contribution >= 0.6 is 11.3 Å². The van der Waals surface area contributed by atoms with E-state index in [1.54, 1.807) is 11.3 Å². The average Bonchev–Trinajstić information content (AvgIpc) is 2.70. The normalized spacial score (nSPS) is 23.6. The number of hydrogen-bond acceptors (Lipinski definition) is 6. The van der Waals surface area contributed by atoms with Crippen molar-refractivity contribution in [1.82, 2.24) is 14.8 Å². The summed E-state index contributed by atoms with van der Waals surface area (Å²) in [6, 6.07) is 0.607. The molecule has 1 saturated heterocycles. The smallest absolute Gasteiger partial charge is 0.197 e. The molecule has 3 N–H and O–H groups in total. The van der Waals surface area contributed by atoms with Gasteiger partial charge < -0.3 is 4.90 Å². The molecule has 1 fully saturated rings. The molecule has 2 heterocycles. The number of aromatic nitrogens is 1. The van der Waals surface area contributed by atoms with Gasteiger partial charge in [0.05, 0.1) is 0 Å². The van der Waals surface area contributed by atoms with E-state index in [9.17, 15) is 0 Å². The summed E-state index contributed by atoms with van der Waals surface area (Å²) in [5.74, 6) is 5.32. The maximum Gasteiger partial charge on any atom is 0.197 e. The van der Waals surface area contributed by atoms with Crippen molar-refractivity contribution < 1.29 is 0 Å². The number of likely N-dealkylation sites (N-methyl/N-ethyl adjacent to an activating group) is 1. The highest BCUT2D eigenvalue weighted by Gasteiger charge is 2.21. The number of nitrogens with two attached hydrogens (primary N) is 1. The Morgan fingerprint density at radius 3 is 3.06 bits per heavy atom. The molecular weight excluding hydrogens is 222 g/mol. The molecule has 1 aromatic rings. The van der Waals surface area contributed by atoms with E-state index in [4.69, 9.17) is 5.84 Å². The van der Waals surface area contributed by atoms with Crippen molar-refractivity contribution in [3.05, 3.63) is 11.1 Å². The third kappa shape index (κ3) is 2.70. The molecule has 1 aromatic heterocycles. The highest BCUT2D eigenvalue weighted by molar-refractivity contribution is 7.15. The van der Waals surface area contributed by atoms with Gasteiger partial charge in [0.2, 0.25) is 0 Å². The second kappa shape index (κ2) is 5.09. The third-order valence-corrected chi connectivity index (χ3v) is 3.92. The molecule has 1 atom stereocenters. The first-order valence-electron chi connectivity index (χ1n) is 5.53. The first-order valence-corrected chi connectivity index (χ1v) is 6.34. The number of hydrogen-bond donors (Lipinski definition) is 2. The number of nitrogen functional groups attached to an aromatic ring is 1. The SMILES string of the molecule is CC1CN(C)CCN1Cc1cnc(NN)s1. The molecule has 90 valence electrons. The van der Waals surface area contributed by atoms with Crippen LogP contribution in [0.1, 0.15) is 11.8 Å². The van der Waals surface area contributed by atoms with E-state index in [1.807, 2.05) is 6.20 Å². The minimum atomic E-state index is 0.607. The van der Waals surface area contributed by atoms with Crippen LogP contribution in [0.5, 0.6) is 0 Å². The summed E-state index contributed by atoms with van der Waals surface area (Å²) in [5.41, 5.74) is 2.58. The standard InChI is InChI=1S/C10H19N5S/c1-8-6-14(2)3-4-15(8)7-9-5-12-10(13-11)16-9/h5,8H,3-4,6-7,11H2,1-2H3,(H,12,13). The molecule has 1 unspecified atom stereocenters. The number of anilines is 1. The van der Waals surface area contributed by atoms with E-state index in [2.05, 4.69) is 34.2 Å². The Hall–Kier alpha value is -0.690. The Labute approximate surface area is 100 Å². The molecule has 6 heteroatoms. The van der Waals surface area contributed by atoms with Crippen LogP contribution in [0.3, 0.4) is 0 Å². The highest BCUT2D eigenvalue weighted by Crippen LogP contribution is 2.20. The quantitative estimate of drug-likeness (QED) is 0.598. The van der Waals surface area contributed by atoms with Gasteiger partial charge >= 0.3 is 0 Å². The molecule has 0 radical (unpaired) electrons. The molecule has 1 aliphatic heterocycles. The van der Waals surface area contributed by atoms with Crippen LogP contribution in [-0.2, 0) is 6.54 Å². The van der Waals surface area contributed by atoms with Gasteiger partial charge in [-0.15, -0.1) is 0 Å². The van der Waals surface area contributed by atoms with Crippen molar-refractivity contribution >= 4 is 16.5 Å². The van der Waals surface area contributed by atoms with Crippen LogP contribution in [0.2, 0.25) is 0 Å². The van der Waals surface area contributed by atoms with E-state index < -0.39 is 0 Å². The Morgan fingerprint density at radius 1 is 1.62 bits per heavy atom. The third-order valence-electron chi connectivity index (χ3n) is 3.00. The summed E-state index contributed by atoms with van der Waals surface area (Å²) in [6.45, 7) is 6.67. The van der Waals surface area contributed by atoms with Gasteiger partial charge in [0.15, 0.2) is 5.13 Å². The van der Waals surface area contributed by atoms with E-state index in [1.165, 1.54) is 4.88 Å². The van der Waals surface area contributed by atoms with Gasteiger partial charge in [0, 0.05) is 43.3 Å². The molecule has 0 aliphatic carbocycles. The van der Waals surface area contributed by atoms with E-state index in [-0.39, 0.29) is 0 Å². The first kappa shape index (κ1) is 11.8. The van der Waals surface area contributed by atoms with Gasteiger partial charge in [0.1, 0.15) is 0 Å². The Balaban J connectivity index is 1.93. The van der Waals surface area contributed by atoms with Crippen LogP contribution < -0.4 is 11.3 Å². The molecule has 0 bridgehead atoms. The molecule has 1 aliphatic rings. The molecule has 2 rings (SSSR count). The second-order valence-electron chi connectivity index (χ2n) is 4.36. The van der Waals surface area contributed by atoms with Crippen LogP contribution in [0.4, 0.5) is 5.13 Å². The van der Waals surface area contributed by atoms with E-state index in [0.29, 0.717) is 6.04 Å². The number of piperazine rings is 1. The van der Waals surface area contributed by atoms with E-state index >= 15 is 0 Å². The Kier molecular flexibility index (Phi) is 3.75. The molecule has 5 nitrogen and oxygen atoms in total. The summed E-state index contributed by atoms with van der Waals surface area (Å²) in [6.07, 6.45) is 1.91. The maximum atomic E-state index is 5.32. The minimum Gasteiger partial charge on any atom is -0.304 e. The Bertz CT molecular complexity index is 340. The van der Waals surface area contributed by atoms with Gasteiger partial charge in [-0.25, -0.2) is 10.8 Å². The second-order valence-corrected chi connectivity index (χ2v) is 5.47. The van der Waals surface area contributed by atoms with Gasteiger partial charge in [0.25, 0.3) is 0 Å². The fourth-order valence-electron chi connectivity index (χ4n) is 2.06. The summed E-state index contributed by atoms with van der Waals surface area (Å²) < 4.78 is 0. The summed E-state index contributed by atoms with van der Waals surface area (Å²) in [7, 11) is 2.18. The monoisotopic (exact) mass is 241 g/mol. The zero-order chi connectivity index (χ0) is 11.5. The number of nitrogens with one attached hydrogen (secondary N) is 1. The Morgan fingerprint density at radius 2 is 2.44 bits per heavy atom. The topological polar surface area (TPSA) is 57.4 Å². The van der Waals surface area contributed by atoms with Gasteiger partial charge in [-0.2, -0.15) is 0 Å². The van der Waals surface area contributed by atoms with Crippen molar-refractivity contribution in [2.75, 3.05) is 32.1 Å². The lowest BCUT2D eigenvalue weighted by molar-refractivity contribution is 0.0947. The minimum absolute atomic E-state index is 0.607. The highest BCUT2D eigenvalue weighted by atomic mass is 32.1. The van der Waals surface area contributed by atoms with Gasteiger partial charge in [-0.05, 0) is 14.0 Å². The largest absolute Gasteiger partial charge is 0.304 e. The molecular formula is C10H19N5S. The molecule has 0 amide bonds. The van der Waals surface area contributed by atoms with Crippen molar-refractivity contribution in [2.45, 2.75) is 19.5 Å². The lowest BCUT2D eigenvalue weighted by atomic mass is 10.2.